The highest BCUT2D eigenvalue weighted by molar-refractivity contribution is 7.89. The summed E-state index contributed by atoms with van der Waals surface area (Å²) < 4.78 is 65.2. The molecular weight excluding hydrogens is 451 g/mol. The highest BCUT2D eigenvalue weighted by Crippen LogP contribution is 2.31. The zero-order valence-electron chi connectivity index (χ0n) is 16.5. The van der Waals surface area contributed by atoms with Crippen molar-refractivity contribution >= 4 is 27.7 Å². The van der Waals surface area contributed by atoms with Gasteiger partial charge in [-0.1, -0.05) is 18.2 Å². The van der Waals surface area contributed by atoms with E-state index in [1.165, 1.54) is 35.3 Å². The van der Waals surface area contributed by atoms with E-state index in [1.54, 1.807) is 6.07 Å². The van der Waals surface area contributed by atoms with E-state index in [9.17, 15) is 36.5 Å². The molecule has 170 valence electrons. The fourth-order valence-corrected chi connectivity index (χ4v) is 4.61. The molecule has 1 saturated heterocycles. The minimum absolute atomic E-state index is 0.0519. The quantitative estimate of drug-likeness (QED) is 0.380. The molecule has 0 N–H and O–H groups in total. The molecule has 2 aromatic carbocycles. The lowest BCUT2D eigenvalue weighted by Gasteiger charge is -2.33. The number of nitrogens with zero attached hydrogens (tertiary/aromatic N) is 3. The molecule has 0 aromatic heterocycles. The first-order valence-corrected chi connectivity index (χ1v) is 10.8. The van der Waals surface area contributed by atoms with Gasteiger partial charge in [0.15, 0.2) is 0 Å². The van der Waals surface area contributed by atoms with Crippen LogP contribution in [0, 0.1) is 10.1 Å². The maximum Gasteiger partial charge on any atom is 0.416 e. The Balaban J connectivity index is 1.65. The summed E-state index contributed by atoms with van der Waals surface area (Å²) in [7, 11) is -4.15. The van der Waals surface area contributed by atoms with Gasteiger partial charge in [-0.3, -0.25) is 14.9 Å². The van der Waals surface area contributed by atoms with Gasteiger partial charge in [0.2, 0.25) is 15.9 Å². The zero-order valence-corrected chi connectivity index (χ0v) is 17.3. The number of piperazine rings is 1. The summed E-state index contributed by atoms with van der Waals surface area (Å²) in [5, 5.41) is 10.8. The van der Waals surface area contributed by atoms with E-state index in [1.807, 2.05) is 0 Å². The van der Waals surface area contributed by atoms with Crippen molar-refractivity contribution in [3.05, 3.63) is 75.8 Å². The van der Waals surface area contributed by atoms with Crippen molar-refractivity contribution in [1.29, 1.82) is 0 Å². The molecule has 1 fully saturated rings. The zero-order chi connectivity index (χ0) is 23.5. The van der Waals surface area contributed by atoms with E-state index in [4.69, 9.17) is 0 Å². The monoisotopic (exact) mass is 469 g/mol. The molecule has 0 atom stereocenters. The number of hydrogen-bond donors (Lipinski definition) is 0. The lowest BCUT2D eigenvalue weighted by Crippen LogP contribution is -2.50. The average Bonchev–Trinajstić information content (AvgIpc) is 2.77. The topological polar surface area (TPSA) is 101 Å². The van der Waals surface area contributed by atoms with Gasteiger partial charge in [0.25, 0.3) is 5.69 Å². The van der Waals surface area contributed by atoms with Crippen molar-refractivity contribution in [3.8, 4) is 0 Å². The van der Waals surface area contributed by atoms with Crippen molar-refractivity contribution in [3.63, 3.8) is 0 Å². The minimum atomic E-state index is -4.66. The van der Waals surface area contributed by atoms with Crippen LogP contribution in [0.2, 0.25) is 0 Å². The van der Waals surface area contributed by atoms with Crippen LogP contribution in [-0.2, 0) is 21.0 Å². The van der Waals surface area contributed by atoms with E-state index < -0.39 is 37.5 Å². The van der Waals surface area contributed by atoms with Gasteiger partial charge < -0.3 is 4.90 Å². The number of rotatable bonds is 5. The van der Waals surface area contributed by atoms with Gasteiger partial charge in [-0.2, -0.15) is 17.5 Å². The van der Waals surface area contributed by atoms with Crippen molar-refractivity contribution in [2.75, 3.05) is 26.2 Å². The molecular formula is C20H18F3N3O5S. The third-order valence-corrected chi connectivity index (χ3v) is 6.74. The molecule has 3 rings (SSSR count). The molecule has 0 spiro atoms. The Morgan fingerprint density at radius 3 is 2.31 bits per heavy atom. The van der Waals surface area contributed by atoms with Crippen LogP contribution in [-0.4, -0.2) is 54.6 Å². The normalized spacial score (nSPS) is 15.8. The molecule has 1 heterocycles. The first kappa shape index (κ1) is 23.4. The highest BCUT2D eigenvalue weighted by atomic mass is 32.2. The third-order valence-electron chi connectivity index (χ3n) is 4.85. The maximum atomic E-state index is 12.9. The second-order valence-corrected chi connectivity index (χ2v) is 8.88. The number of benzene rings is 2. The van der Waals surface area contributed by atoms with Crippen LogP contribution >= 0.6 is 0 Å². The molecule has 1 aliphatic heterocycles. The minimum Gasteiger partial charge on any atom is -0.337 e. The summed E-state index contributed by atoms with van der Waals surface area (Å²) >= 11 is 0. The lowest BCUT2D eigenvalue weighted by atomic mass is 10.2. The van der Waals surface area contributed by atoms with Crippen molar-refractivity contribution in [2.24, 2.45) is 0 Å². The molecule has 1 amide bonds. The van der Waals surface area contributed by atoms with E-state index in [-0.39, 0.29) is 31.9 Å². The third kappa shape index (κ3) is 5.32. The van der Waals surface area contributed by atoms with E-state index in [0.29, 0.717) is 11.6 Å². The molecule has 1 aliphatic rings. The predicted octanol–water partition coefficient (Wildman–Crippen LogP) is 3.16. The standard InChI is InChI=1S/C20H18F3N3O5S/c21-20(22,23)16-4-2-6-18(14-16)32(30,31)25-11-9-24(10-12-25)19(27)8-7-15-3-1-5-17(13-15)26(28)29/h1-8,13-14H,9-12H2/b8-7+. The number of carbonyl (C=O) groups is 1. The number of alkyl halides is 3. The highest BCUT2D eigenvalue weighted by Gasteiger charge is 2.34. The Labute approximate surface area is 181 Å². The van der Waals surface area contributed by atoms with Gasteiger partial charge in [0.1, 0.15) is 0 Å². The van der Waals surface area contributed by atoms with Crippen LogP contribution in [0.3, 0.4) is 0 Å². The van der Waals surface area contributed by atoms with Crippen molar-refractivity contribution in [2.45, 2.75) is 11.1 Å². The van der Waals surface area contributed by atoms with Gasteiger partial charge >= 0.3 is 6.18 Å². The number of nitro benzene ring substituents is 1. The van der Waals surface area contributed by atoms with E-state index in [2.05, 4.69) is 0 Å². The molecule has 0 saturated carbocycles. The number of halogens is 3. The molecule has 8 nitrogen and oxygen atoms in total. The number of hydrogen-bond acceptors (Lipinski definition) is 5. The Bertz CT molecular complexity index is 1160. The number of non-ortho nitro benzene ring substituents is 1. The number of amides is 1. The Hall–Kier alpha value is -3.25. The molecule has 12 heteroatoms. The Kier molecular flexibility index (Phi) is 6.65. The summed E-state index contributed by atoms with van der Waals surface area (Å²) in [6.07, 6.45) is -2.01. The van der Waals surface area contributed by atoms with Gasteiger partial charge in [-0.15, -0.1) is 0 Å². The summed E-state index contributed by atoms with van der Waals surface area (Å²) in [5.74, 6) is -0.410. The van der Waals surface area contributed by atoms with Crippen LogP contribution in [0.15, 0.2) is 59.5 Å². The van der Waals surface area contributed by atoms with E-state index in [0.717, 1.165) is 22.5 Å². The number of nitro groups is 1. The smallest absolute Gasteiger partial charge is 0.337 e. The number of carbonyl (C=O) groups excluding carboxylic acids is 1. The molecule has 0 aliphatic carbocycles. The van der Waals surface area contributed by atoms with Gasteiger partial charge in [0.05, 0.1) is 15.4 Å². The molecule has 0 unspecified atom stereocenters. The van der Waals surface area contributed by atoms with Gasteiger partial charge in [-0.05, 0) is 29.8 Å². The molecule has 32 heavy (non-hydrogen) atoms. The van der Waals surface area contributed by atoms with Crippen LogP contribution in [0.25, 0.3) is 6.08 Å². The summed E-state index contributed by atoms with van der Waals surface area (Å²) in [6, 6.07) is 9.23. The summed E-state index contributed by atoms with van der Waals surface area (Å²) in [4.78, 5) is 23.6. The first-order valence-electron chi connectivity index (χ1n) is 9.37. The second-order valence-electron chi connectivity index (χ2n) is 6.94. The Morgan fingerprint density at radius 2 is 1.69 bits per heavy atom. The van der Waals surface area contributed by atoms with Crippen LogP contribution < -0.4 is 0 Å². The predicted molar refractivity (Wildman–Crippen MR) is 109 cm³/mol. The molecule has 0 radical (unpaired) electrons. The van der Waals surface area contributed by atoms with Crippen LogP contribution in [0.5, 0.6) is 0 Å². The second kappa shape index (κ2) is 9.09. The van der Waals surface area contributed by atoms with Crippen LogP contribution in [0.1, 0.15) is 11.1 Å². The maximum absolute atomic E-state index is 12.9. The van der Waals surface area contributed by atoms with Crippen LogP contribution in [0.4, 0.5) is 18.9 Å². The first-order chi connectivity index (χ1) is 15.0. The largest absolute Gasteiger partial charge is 0.416 e. The fourth-order valence-electron chi connectivity index (χ4n) is 3.15. The van der Waals surface area contributed by atoms with E-state index >= 15 is 0 Å². The fraction of sp³-hybridized carbons (Fsp3) is 0.250. The molecule has 2 aromatic rings. The van der Waals surface area contributed by atoms with Crippen molar-refractivity contribution in [1.82, 2.24) is 9.21 Å². The van der Waals surface area contributed by atoms with Crippen molar-refractivity contribution < 1.29 is 31.3 Å². The summed E-state index contributed by atoms with van der Waals surface area (Å²) in [6.45, 7) is -0.0451. The average molecular weight is 469 g/mol. The van der Waals surface area contributed by atoms with Gasteiger partial charge in [0, 0.05) is 44.4 Å². The SMILES string of the molecule is O=C(/C=C/c1cccc([N+](=O)[O-])c1)N1CCN(S(=O)(=O)c2cccc(C(F)(F)F)c2)CC1. The summed E-state index contributed by atoms with van der Waals surface area (Å²) in [5.41, 5.74) is -0.718. The molecule has 0 bridgehead atoms. The van der Waals surface area contributed by atoms with Gasteiger partial charge in [-0.25, -0.2) is 8.42 Å². The lowest BCUT2D eigenvalue weighted by molar-refractivity contribution is -0.384. The number of sulfonamides is 1. The Morgan fingerprint density at radius 1 is 1.03 bits per heavy atom.